The average Bonchev–Trinajstić information content (AvgIpc) is 3.08. The van der Waals surface area contributed by atoms with Gasteiger partial charge in [0.25, 0.3) is 0 Å². The van der Waals surface area contributed by atoms with Gasteiger partial charge in [0.1, 0.15) is 23.1 Å². The number of carbonyl (C=O) groups is 2. The Labute approximate surface area is 302 Å². The molecule has 10 heteroatoms. The summed E-state index contributed by atoms with van der Waals surface area (Å²) < 4.78 is 0. The van der Waals surface area contributed by atoms with Crippen LogP contribution in [0.1, 0.15) is 72.2 Å². The highest BCUT2D eigenvalue weighted by Gasteiger charge is 2.38. The number of pyridine rings is 2. The Morgan fingerprint density at radius 2 is 0.942 bits per heavy atom. The van der Waals surface area contributed by atoms with Gasteiger partial charge in [-0.2, -0.15) is 0 Å². The van der Waals surface area contributed by atoms with Crippen LogP contribution in [0.5, 0.6) is 11.5 Å². The zero-order chi connectivity index (χ0) is 37.8. The van der Waals surface area contributed by atoms with Gasteiger partial charge in [0.15, 0.2) is 11.5 Å². The highest BCUT2D eigenvalue weighted by atomic mass is 16.3. The van der Waals surface area contributed by atoms with Gasteiger partial charge < -0.3 is 31.1 Å². The molecule has 0 amide bonds. The number of aromatic nitrogens is 2. The van der Waals surface area contributed by atoms with Gasteiger partial charge in [0.05, 0.1) is 11.1 Å². The quantitative estimate of drug-likeness (QED) is 0.103. The van der Waals surface area contributed by atoms with Crippen molar-refractivity contribution in [2.45, 2.75) is 55.4 Å². The van der Waals surface area contributed by atoms with Crippen molar-refractivity contribution in [3.63, 3.8) is 0 Å². The Morgan fingerprint density at radius 3 is 1.25 bits per heavy atom. The molecule has 52 heavy (non-hydrogen) atoms. The fourth-order valence-electron chi connectivity index (χ4n) is 7.03. The molecule has 0 atom stereocenters. The summed E-state index contributed by atoms with van der Waals surface area (Å²) in [4.78, 5) is 36.3. The predicted octanol–water partition coefficient (Wildman–Crippen LogP) is 8.71. The first-order chi connectivity index (χ1) is 24.6. The van der Waals surface area contributed by atoms with Gasteiger partial charge in [-0.15, -0.1) is 0 Å². The lowest BCUT2D eigenvalue weighted by molar-refractivity contribution is -0.113. The number of carbonyl (C=O) groups excluding carboxylic acids is 2. The molecule has 2 aromatic carbocycles. The zero-order valence-corrected chi connectivity index (χ0v) is 30.4. The number of fused-ring (bicyclic) bond motifs is 2. The van der Waals surface area contributed by atoms with E-state index in [9.17, 15) is 30.0 Å². The Hall–Kier alpha value is -6.16. The topological polar surface area (TPSA) is 165 Å². The molecule has 0 spiro atoms. The fraction of sp³-hybridized carbons (Fsp3) is 0.238. The molecule has 2 aliphatic rings. The summed E-state index contributed by atoms with van der Waals surface area (Å²) >= 11 is 0. The molecule has 0 saturated heterocycles. The normalized spacial score (nSPS) is 16.0. The van der Waals surface area contributed by atoms with Crippen LogP contribution in [0.15, 0.2) is 72.7 Å². The summed E-state index contributed by atoms with van der Waals surface area (Å²) in [5.74, 6) is -2.39. The van der Waals surface area contributed by atoms with Crippen LogP contribution in [0.3, 0.4) is 0 Å². The van der Waals surface area contributed by atoms with E-state index in [0.29, 0.717) is 45.0 Å². The van der Waals surface area contributed by atoms with Crippen LogP contribution in [0, 0.1) is 39.5 Å². The monoisotopic (exact) mass is 698 g/mol. The van der Waals surface area contributed by atoms with E-state index in [-0.39, 0.29) is 56.7 Å². The van der Waals surface area contributed by atoms with E-state index in [2.05, 4.69) is 20.6 Å². The third kappa shape index (κ3) is 6.00. The molecule has 0 fully saturated rings. The third-order valence-electron chi connectivity index (χ3n) is 9.50. The van der Waals surface area contributed by atoms with Crippen molar-refractivity contribution in [2.24, 2.45) is 11.8 Å². The Morgan fingerprint density at radius 1 is 0.577 bits per heavy atom. The third-order valence-corrected chi connectivity index (χ3v) is 9.50. The minimum absolute atomic E-state index is 0.00800. The highest BCUT2D eigenvalue weighted by molar-refractivity contribution is 6.35. The van der Waals surface area contributed by atoms with Gasteiger partial charge in [-0.1, -0.05) is 52.0 Å². The maximum Gasteiger partial charge on any atom is 0.229 e. The number of aliphatic hydroxyl groups excluding tert-OH is 2. The number of nitrogens with zero attached hydrogens (tertiary/aromatic N) is 2. The summed E-state index contributed by atoms with van der Waals surface area (Å²) in [5, 5.41) is 53.0. The van der Waals surface area contributed by atoms with E-state index in [1.807, 2.05) is 53.7 Å². The van der Waals surface area contributed by atoms with E-state index in [1.165, 1.54) is 12.4 Å². The van der Waals surface area contributed by atoms with Crippen molar-refractivity contribution >= 4 is 45.5 Å². The smallest absolute Gasteiger partial charge is 0.229 e. The molecule has 6 rings (SSSR count). The summed E-state index contributed by atoms with van der Waals surface area (Å²) in [6, 6.07) is 10.8. The van der Waals surface area contributed by atoms with Crippen LogP contribution < -0.4 is 10.6 Å². The van der Waals surface area contributed by atoms with E-state index >= 15 is 0 Å². The standard InChI is InChI=1S/C42H42N4O6/c1-19(2)31-25-13-23(7)33(39(49)35(25)27(37(47)41(31)51)17-45-29-11-9-21(5)15-43-29)34-24(8)14-26-32(20(3)4)42(52)38(48)28(36(26)40(34)50)18-46-30-12-10-22(6)16-44-30/h9-20,49-52H,1-8H3,(H,43,45)(H,44,46)/b27-17-,28-18-. The second-order valence-electron chi connectivity index (χ2n) is 14.0. The number of phenols is 2. The maximum absolute atomic E-state index is 13.8. The highest BCUT2D eigenvalue weighted by Crippen LogP contribution is 2.53. The summed E-state index contributed by atoms with van der Waals surface area (Å²) in [6.45, 7) is 14.8. The fourth-order valence-corrected chi connectivity index (χ4v) is 7.03. The lowest BCUT2D eigenvalue weighted by atomic mass is 9.75. The molecule has 4 aromatic rings. The molecule has 0 radical (unpaired) electrons. The Kier molecular flexibility index (Phi) is 9.27. The summed E-state index contributed by atoms with van der Waals surface area (Å²) in [7, 11) is 0. The maximum atomic E-state index is 13.8. The number of ketones is 2. The van der Waals surface area contributed by atoms with E-state index < -0.39 is 23.1 Å². The van der Waals surface area contributed by atoms with Crippen LogP contribution in [-0.4, -0.2) is 42.0 Å². The van der Waals surface area contributed by atoms with Crippen LogP contribution in [-0.2, 0) is 9.59 Å². The number of benzene rings is 2. The lowest BCUT2D eigenvalue weighted by Crippen LogP contribution is -2.20. The molecule has 0 saturated carbocycles. The van der Waals surface area contributed by atoms with Gasteiger partial charge in [-0.05, 0) is 85.0 Å². The number of aliphatic hydroxyl groups is 2. The molecule has 0 aliphatic heterocycles. The van der Waals surface area contributed by atoms with E-state index in [1.54, 1.807) is 50.5 Å². The van der Waals surface area contributed by atoms with Gasteiger partial charge in [0, 0.05) is 58.2 Å². The molecule has 2 heterocycles. The van der Waals surface area contributed by atoms with Gasteiger partial charge in [0.2, 0.25) is 11.6 Å². The molecule has 6 N–H and O–H groups in total. The van der Waals surface area contributed by atoms with Crippen molar-refractivity contribution in [1.29, 1.82) is 0 Å². The number of hydrogen-bond acceptors (Lipinski definition) is 10. The second-order valence-corrected chi connectivity index (χ2v) is 14.0. The molecular weight excluding hydrogens is 656 g/mol. The molecular formula is C42H42N4O6. The number of nitrogens with one attached hydrogen (secondary N) is 2. The lowest BCUT2D eigenvalue weighted by Gasteiger charge is -2.29. The number of aryl methyl sites for hydroxylation is 4. The van der Waals surface area contributed by atoms with Crippen LogP contribution in [0.2, 0.25) is 0 Å². The van der Waals surface area contributed by atoms with Crippen molar-refractivity contribution in [3.8, 4) is 22.6 Å². The van der Waals surface area contributed by atoms with Gasteiger partial charge >= 0.3 is 0 Å². The van der Waals surface area contributed by atoms with Gasteiger partial charge in [-0.25, -0.2) is 9.97 Å². The van der Waals surface area contributed by atoms with Crippen molar-refractivity contribution in [2.75, 3.05) is 10.6 Å². The molecule has 0 bridgehead atoms. The van der Waals surface area contributed by atoms with Crippen molar-refractivity contribution in [3.05, 3.63) is 117 Å². The van der Waals surface area contributed by atoms with Crippen molar-refractivity contribution < 1.29 is 30.0 Å². The molecule has 10 nitrogen and oxygen atoms in total. The minimum Gasteiger partial charge on any atom is -0.507 e. The first-order valence-corrected chi connectivity index (χ1v) is 17.1. The number of anilines is 2. The van der Waals surface area contributed by atoms with E-state index in [4.69, 9.17) is 0 Å². The molecule has 266 valence electrons. The van der Waals surface area contributed by atoms with Crippen LogP contribution >= 0.6 is 0 Å². The molecule has 2 aromatic heterocycles. The predicted molar refractivity (Wildman–Crippen MR) is 205 cm³/mol. The molecule has 2 aliphatic carbocycles. The number of hydrogen-bond donors (Lipinski definition) is 6. The second kappa shape index (κ2) is 13.5. The number of phenolic OH excluding ortho intramolecular Hbond substituents is 2. The number of Topliss-reactive ketones (excluding diaryl/α,β-unsaturated/α-hetero) is 2. The van der Waals surface area contributed by atoms with Crippen molar-refractivity contribution in [1.82, 2.24) is 9.97 Å². The minimum atomic E-state index is -0.680. The summed E-state index contributed by atoms with van der Waals surface area (Å²) in [5.41, 5.74) is 5.61. The average molecular weight is 699 g/mol. The first-order valence-electron chi connectivity index (χ1n) is 17.1. The number of rotatable bonds is 7. The SMILES string of the molecule is Cc1ccc(N/C=C2\C(=O)C(O)=C(C(C)C)c3cc(C)c(-c4c(C)cc5c(c4O)/C(=C/Nc4ccc(C)cn4)C(=O)C(O)=C5C(C)C)c(O)c32)nc1. The van der Waals surface area contributed by atoms with E-state index in [0.717, 1.165) is 11.1 Å². The van der Waals surface area contributed by atoms with Gasteiger partial charge in [-0.3, -0.25) is 9.59 Å². The van der Waals surface area contributed by atoms with Crippen LogP contribution in [0.25, 0.3) is 33.4 Å². The summed E-state index contributed by atoms with van der Waals surface area (Å²) in [6.07, 6.45) is 6.17. The number of aromatic hydroxyl groups is 2. The zero-order valence-electron chi connectivity index (χ0n) is 30.4. The Balaban J connectivity index is 1.62. The number of allylic oxidation sites excluding steroid dienone is 4. The van der Waals surface area contributed by atoms with Crippen LogP contribution in [0.4, 0.5) is 11.6 Å². The first kappa shape index (κ1) is 35.7. The Bertz CT molecular complexity index is 2130. The molecule has 0 unspecified atom stereocenters. The largest absolute Gasteiger partial charge is 0.507 e.